The number of rotatable bonds is 12. The molecular formula is C48H48N4O8. The fourth-order valence-electron chi connectivity index (χ4n) is 7.55. The van der Waals surface area contributed by atoms with Crippen LogP contribution in [0.1, 0.15) is 68.5 Å². The molecule has 0 unspecified atom stereocenters. The Morgan fingerprint density at radius 3 is 0.933 bits per heavy atom. The molecule has 0 atom stereocenters. The number of fused-ring (bicyclic) bond motifs is 8. The van der Waals surface area contributed by atoms with Crippen LogP contribution in [0, 0.1) is 0 Å². The zero-order valence-corrected chi connectivity index (χ0v) is 33.6. The van der Waals surface area contributed by atoms with Crippen molar-refractivity contribution in [1.29, 1.82) is 0 Å². The van der Waals surface area contributed by atoms with E-state index in [-0.39, 0.29) is 61.9 Å². The van der Waals surface area contributed by atoms with Gasteiger partial charge in [0.15, 0.2) is 0 Å². The first-order valence-electron chi connectivity index (χ1n) is 19.8. The summed E-state index contributed by atoms with van der Waals surface area (Å²) < 4.78 is 10.6. The topological polar surface area (TPSA) is 189 Å². The lowest BCUT2D eigenvalue weighted by Crippen LogP contribution is -2.03. The number of aliphatic hydroxyl groups is 2. The Balaban J connectivity index is 1.41. The van der Waals surface area contributed by atoms with Gasteiger partial charge in [-0.1, -0.05) is 24.3 Å². The standard InChI is InChI=1S/C48H48N4O8/c1-59-43-11-7-39(8-12-43)49-51-41-25-35-21-31-17-29(5-3-15-53)19-33(45(31)55)23-37-27-42(52-50-40-9-13-44(60-2)14-10-40)28-38(48(37)58)24-34-20-30(6-4-16-54)18-32(46(34)56)22-36(26-41)47(35)57/h7-14,17-20,25-28,53-58H,3-6,15-16,21-24H2,1-2H3. The zero-order chi connectivity index (χ0) is 42.2. The number of aromatic hydroxyl groups is 4. The highest BCUT2D eigenvalue weighted by Gasteiger charge is 2.22. The quantitative estimate of drug-likeness (QED) is 0.0658. The third-order valence-corrected chi connectivity index (χ3v) is 10.6. The Morgan fingerprint density at radius 1 is 0.400 bits per heavy atom. The molecular weight excluding hydrogens is 761 g/mol. The van der Waals surface area contributed by atoms with E-state index in [1.165, 1.54) is 0 Å². The number of phenols is 4. The summed E-state index contributed by atoms with van der Waals surface area (Å²) in [4.78, 5) is 0. The largest absolute Gasteiger partial charge is 0.507 e. The van der Waals surface area contributed by atoms with Crippen LogP contribution in [0.25, 0.3) is 0 Å². The molecule has 0 radical (unpaired) electrons. The molecule has 8 bridgehead atoms. The molecule has 0 aromatic heterocycles. The summed E-state index contributed by atoms with van der Waals surface area (Å²) in [5, 5.41) is 85.2. The average molecular weight is 809 g/mol. The molecule has 12 heteroatoms. The van der Waals surface area contributed by atoms with Crippen LogP contribution < -0.4 is 9.47 Å². The Labute approximate surface area is 348 Å². The second-order valence-electron chi connectivity index (χ2n) is 14.9. The molecule has 0 spiro atoms. The van der Waals surface area contributed by atoms with Gasteiger partial charge in [0.05, 0.1) is 37.0 Å². The van der Waals surface area contributed by atoms with E-state index in [1.807, 2.05) is 24.3 Å². The number of benzene rings is 6. The number of aliphatic hydroxyl groups excluding tert-OH is 2. The normalized spacial score (nSPS) is 12.6. The number of phenolic OH excluding ortho intramolecular Hbond substituents is 4. The number of aryl methyl sites for hydroxylation is 2. The lowest BCUT2D eigenvalue weighted by molar-refractivity contribution is 0.288. The Kier molecular flexibility index (Phi) is 13.0. The van der Waals surface area contributed by atoms with E-state index in [9.17, 15) is 30.6 Å². The maximum Gasteiger partial charge on any atom is 0.122 e. The van der Waals surface area contributed by atoms with Crippen molar-refractivity contribution in [3.63, 3.8) is 0 Å². The van der Waals surface area contributed by atoms with Crippen LogP contribution in [0.15, 0.2) is 118 Å². The minimum Gasteiger partial charge on any atom is -0.507 e. The molecule has 0 heterocycles. The van der Waals surface area contributed by atoms with Gasteiger partial charge >= 0.3 is 0 Å². The summed E-state index contributed by atoms with van der Waals surface area (Å²) >= 11 is 0. The fraction of sp³-hybridized carbons (Fsp3) is 0.250. The fourth-order valence-corrected chi connectivity index (χ4v) is 7.55. The van der Waals surface area contributed by atoms with E-state index in [4.69, 9.17) is 9.47 Å². The van der Waals surface area contributed by atoms with Gasteiger partial charge in [-0.3, -0.25) is 0 Å². The highest BCUT2D eigenvalue weighted by atomic mass is 16.5. The molecule has 6 aromatic rings. The van der Waals surface area contributed by atoms with Crippen molar-refractivity contribution in [1.82, 2.24) is 0 Å². The van der Waals surface area contributed by atoms with E-state index in [0.717, 1.165) is 11.1 Å². The molecule has 6 N–H and O–H groups in total. The van der Waals surface area contributed by atoms with E-state index in [1.54, 1.807) is 87.0 Å². The summed E-state index contributed by atoms with van der Waals surface area (Å²) in [5.74, 6) is 1.35. The molecule has 0 saturated carbocycles. The van der Waals surface area contributed by atoms with Crippen molar-refractivity contribution >= 4 is 22.7 Å². The first-order valence-corrected chi connectivity index (χ1v) is 19.8. The molecule has 0 fully saturated rings. The predicted octanol–water partition coefficient (Wildman–Crippen LogP) is 9.88. The van der Waals surface area contributed by atoms with Gasteiger partial charge in [-0.05, 0) is 132 Å². The number of hydrogen-bond acceptors (Lipinski definition) is 12. The molecule has 0 aliphatic heterocycles. The maximum atomic E-state index is 12.0. The van der Waals surface area contributed by atoms with Gasteiger partial charge in [0, 0.05) is 61.2 Å². The van der Waals surface area contributed by atoms with Crippen molar-refractivity contribution in [2.75, 3.05) is 27.4 Å². The van der Waals surface area contributed by atoms with Crippen LogP contribution in [-0.2, 0) is 38.5 Å². The summed E-state index contributed by atoms with van der Waals surface area (Å²) in [7, 11) is 3.18. The SMILES string of the molecule is COc1ccc(N=Nc2cc3c(O)c(c2)Cc2cc(CCCO)cc(c2O)Cc2cc(N=Nc4ccc(OC)cc4)cc(c2O)Cc2cc(CCCO)cc(c2O)C3)cc1. The average Bonchev–Trinajstić information content (AvgIpc) is 3.26. The van der Waals surface area contributed by atoms with Crippen LogP contribution in [0.4, 0.5) is 22.7 Å². The lowest BCUT2D eigenvalue weighted by Gasteiger charge is -2.19. The summed E-state index contributed by atoms with van der Waals surface area (Å²) in [6.07, 6.45) is 2.50. The van der Waals surface area contributed by atoms with Crippen molar-refractivity contribution in [3.8, 4) is 34.5 Å². The van der Waals surface area contributed by atoms with Crippen LogP contribution in [0.2, 0.25) is 0 Å². The van der Waals surface area contributed by atoms with Gasteiger partial charge < -0.3 is 40.1 Å². The molecule has 0 saturated heterocycles. The summed E-state index contributed by atoms with van der Waals surface area (Å²) in [5.41, 5.74) is 7.88. The first-order chi connectivity index (χ1) is 29.1. The van der Waals surface area contributed by atoms with E-state index in [2.05, 4.69) is 20.5 Å². The predicted molar refractivity (Wildman–Crippen MR) is 229 cm³/mol. The van der Waals surface area contributed by atoms with Gasteiger partial charge in [-0.25, -0.2) is 0 Å². The number of hydrogen-bond donors (Lipinski definition) is 6. The number of azo groups is 2. The van der Waals surface area contributed by atoms with Gasteiger partial charge in [0.1, 0.15) is 34.5 Å². The third-order valence-electron chi connectivity index (χ3n) is 10.6. The molecule has 60 heavy (non-hydrogen) atoms. The second kappa shape index (κ2) is 18.9. The van der Waals surface area contributed by atoms with Gasteiger partial charge in [-0.15, -0.1) is 0 Å². The molecule has 1 aliphatic rings. The Bertz CT molecular complexity index is 2260. The zero-order valence-electron chi connectivity index (χ0n) is 33.6. The van der Waals surface area contributed by atoms with Gasteiger partial charge in [0.25, 0.3) is 0 Å². The molecule has 1 aliphatic carbocycles. The minimum absolute atomic E-state index is 0.00339. The van der Waals surface area contributed by atoms with Crippen LogP contribution >= 0.6 is 0 Å². The molecule has 7 rings (SSSR count). The van der Waals surface area contributed by atoms with Crippen molar-refractivity contribution in [3.05, 3.63) is 153 Å². The molecule has 6 aromatic carbocycles. The number of nitrogens with zero attached hydrogens (tertiary/aromatic N) is 4. The smallest absolute Gasteiger partial charge is 0.122 e. The first kappa shape index (κ1) is 41.4. The van der Waals surface area contributed by atoms with E-state index in [0.29, 0.717) is 104 Å². The molecule has 12 nitrogen and oxygen atoms in total. The van der Waals surface area contributed by atoms with Crippen molar-refractivity contribution in [2.45, 2.75) is 51.4 Å². The minimum atomic E-state index is -0.0168. The van der Waals surface area contributed by atoms with Crippen LogP contribution in [-0.4, -0.2) is 58.1 Å². The summed E-state index contributed by atoms with van der Waals surface area (Å²) in [6.45, 7) is -0.0337. The summed E-state index contributed by atoms with van der Waals surface area (Å²) in [6, 6.07) is 28.7. The van der Waals surface area contributed by atoms with Gasteiger partial charge in [-0.2, -0.15) is 20.5 Å². The molecule has 0 amide bonds. The third kappa shape index (κ3) is 9.74. The number of methoxy groups -OCH3 is 2. The monoisotopic (exact) mass is 808 g/mol. The van der Waals surface area contributed by atoms with Crippen LogP contribution in [0.5, 0.6) is 34.5 Å². The highest BCUT2D eigenvalue weighted by Crippen LogP contribution is 2.41. The van der Waals surface area contributed by atoms with Crippen LogP contribution in [0.3, 0.4) is 0 Å². The number of ether oxygens (including phenoxy) is 2. The highest BCUT2D eigenvalue weighted by molar-refractivity contribution is 5.61. The Hall–Kier alpha value is -6.76. The van der Waals surface area contributed by atoms with Gasteiger partial charge in [0.2, 0.25) is 0 Å². The second-order valence-corrected chi connectivity index (χ2v) is 14.9. The van der Waals surface area contributed by atoms with Crippen molar-refractivity contribution < 1.29 is 40.1 Å². The van der Waals surface area contributed by atoms with E-state index < -0.39 is 0 Å². The Morgan fingerprint density at radius 2 is 0.667 bits per heavy atom. The lowest BCUT2D eigenvalue weighted by atomic mass is 9.88. The molecule has 308 valence electrons. The van der Waals surface area contributed by atoms with Crippen molar-refractivity contribution in [2.24, 2.45) is 20.5 Å². The van der Waals surface area contributed by atoms with E-state index >= 15 is 0 Å². The maximum absolute atomic E-state index is 12.0.